The highest BCUT2D eigenvalue weighted by Crippen LogP contribution is 2.10. The molecule has 0 saturated carbocycles. The summed E-state index contributed by atoms with van der Waals surface area (Å²) in [5.41, 5.74) is 0. The van der Waals surface area contributed by atoms with Gasteiger partial charge in [0, 0.05) is 38.4 Å². The topological polar surface area (TPSA) is 84.7 Å². The van der Waals surface area contributed by atoms with Crippen LogP contribution in [-0.4, -0.2) is 57.2 Å². The molecule has 1 aliphatic heterocycles. The molecule has 1 amide bonds. The second-order valence-electron chi connectivity index (χ2n) is 4.48. The molecule has 1 aromatic rings. The number of carboxylic acids is 1. The lowest BCUT2D eigenvalue weighted by Gasteiger charge is -2.32. The van der Waals surface area contributed by atoms with Crippen molar-refractivity contribution in [3.05, 3.63) is 18.7 Å². The van der Waals surface area contributed by atoms with E-state index in [9.17, 15) is 9.59 Å². The molecule has 1 atom stereocenters. The van der Waals surface area contributed by atoms with Gasteiger partial charge in [-0.3, -0.25) is 9.59 Å². The van der Waals surface area contributed by atoms with Gasteiger partial charge in [0.25, 0.3) is 0 Å². The molecule has 1 unspecified atom stereocenters. The van der Waals surface area contributed by atoms with Crippen LogP contribution in [0.5, 0.6) is 0 Å². The number of carboxylic acid groups (broad SMARTS) is 1. The molecule has 1 saturated heterocycles. The van der Waals surface area contributed by atoms with Crippen LogP contribution in [0.3, 0.4) is 0 Å². The molecule has 7 heteroatoms. The van der Waals surface area contributed by atoms with Gasteiger partial charge in [-0.05, 0) is 0 Å². The summed E-state index contributed by atoms with van der Waals surface area (Å²) in [5, 5.41) is 8.73. The number of ether oxygens (including phenoxy) is 1. The summed E-state index contributed by atoms with van der Waals surface area (Å²) in [4.78, 5) is 28.2. The van der Waals surface area contributed by atoms with Crippen molar-refractivity contribution in [2.24, 2.45) is 0 Å². The number of nitrogens with zero attached hydrogens (tertiary/aromatic N) is 3. The van der Waals surface area contributed by atoms with Crippen molar-refractivity contribution < 1.29 is 19.4 Å². The van der Waals surface area contributed by atoms with Gasteiger partial charge in [-0.25, -0.2) is 4.98 Å². The van der Waals surface area contributed by atoms with Crippen LogP contribution in [-0.2, 0) is 20.9 Å². The number of amides is 1. The van der Waals surface area contributed by atoms with Crippen molar-refractivity contribution in [3.8, 4) is 0 Å². The smallest absolute Gasteiger partial charge is 0.306 e. The molecular formula is C12H17N3O4. The van der Waals surface area contributed by atoms with Crippen LogP contribution in [0.2, 0.25) is 0 Å². The summed E-state index contributed by atoms with van der Waals surface area (Å²) in [6.07, 6.45) is 5.06. The summed E-state index contributed by atoms with van der Waals surface area (Å²) in [6, 6.07) is 0. The molecular weight excluding hydrogens is 250 g/mol. The van der Waals surface area contributed by atoms with Crippen molar-refractivity contribution in [3.63, 3.8) is 0 Å². The minimum atomic E-state index is -0.905. The van der Waals surface area contributed by atoms with E-state index >= 15 is 0 Å². The van der Waals surface area contributed by atoms with Gasteiger partial charge >= 0.3 is 5.97 Å². The second kappa shape index (κ2) is 6.33. The predicted molar refractivity (Wildman–Crippen MR) is 65.4 cm³/mol. The van der Waals surface area contributed by atoms with Gasteiger partial charge in [0.2, 0.25) is 5.91 Å². The first kappa shape index (κ1) is 13.5. The zero-order valence-corrected chi connectivity index (χ0v) is 10.6. The lowest BCUT2D eigenvalue weighted by Crippen LogP contribution is -2.46. The Kier molecular flexibility index (Phi) is 4.51. The van der Waals surface area contributed by atoms with Crippen molar-refractivity contribution >= 4 is 11.9 Å². The zero-order valence-electron chi connectivity index (χ0n) is 10.6. The fourth-order valence-corrected chi connectivity index (χ4v) is 2.07. The number of imidazole rings is 1. The number of morpholine rings is 1. The molecule has 0 aliphatic carbocycles. The van der Waals surface area contributed by atoms with Crippen LogP contribution in [0.1, 0.15) is 12.8 Å². The Labute approximate surface area is 110 Å². The summed E-state index contributed by atoms with van der Waals surface area (Å²) >= 11 is 0. The second-order valence-corrected chi connectivity index (χ2v) is 4.48. The van der Waals surface area contributed by atoms with E-state index in [1.54, 1.807) is 23.6 Å². The Balaban J connectivity index is 1.79. The van der Waals surface area contributed by atoms with E-state index in [4.69, 9.17) is 9.84 Å². The fourth-order valence-electron chi connectivity index (χ4n) is 2.07. The third-order valence-corrected chi connectivity index (χ3v) is 3.04. The Morgan fingerprint density at radius 1 is 1.47 bits per heavy atom. The maximum atomic E-state index is 12.0. The highest BCUT2D eigenvalue weighted by molar-refractivity contribution is 5.76. The highest BCUT2D eigenvalue weighted by Gasteiger charge is 2.25. The standard InChI is InChI=1S/C12H17N3O4/c16-11(1-3-14-4-2-13-9-14)15-5-6-19-10(8-15)7-12(17)18/h2,4,9-10H,1,3,5-8H2,(H,17,18). The molecule has 0 bridgehead atoms. The molecule has 2 rings (SSSR count). The zero-order chi connectivity index (χ0) is 13.7. The molecule has 7 nitrogen and oxygen atoms in total. The number of hydrogen-bond donors (Lipinski definition) is 1. The van der Waals surface area contributed by atoms with E-state index in [0.29, 0.717) is 32.7 Å². The number of aryl methyl sites for hydroxylation is 1. The molecule has 0 spiro atoms. The number of aromatic nitrogens is 2. The van der Waals surface area contributed by atoms with Gasteiger partial charge in [-0.15, -0.1) is 0 Å². The van der Waals surface area contributed by atoms with Gasteiger partial charge in [0.15, 0.2) is 0 Å². The summed E-state index contributed by atoms with van der Waals surface area (Å²) in [6.45, 7) is 1.86. The lowest BCUT2D eigenvalue weighted by molar-refractivity contribution is -0.147. The predicted octanol–water partition coefficient (Wildman–Crippen LogP) is -0.0247. The molecule has 0 radical (unpaired) electrons. The first-order valence-corrected chi connectivity index (χ1v) is 6.22. The van der Waals surface area contributed by atoms with Crippen LogP contribution < -0.4 is 0 Å². The molecule has 19 heavy (non-hydrogen) atoms. The average Bonchev–Trinajstić information content (AvgIpc) is 2.88. The highest BCUT2D eigenvalue weighted by atomic mass is 16.5. The van der Waals surface area contributed by atoms with E-state index < -0.39 is 12.1 Å². The number of carbonyl (C=O) groups excluding carboxylic acids is 1. The number of aliphatic carboxylic acids is 1. The van der Waals surface area contributed by atoms with E-state index in [2.05, 4.69) is 4.98 Å². The average molecular weight is 267 g/mol. The molecule has 2 heterocycles. The maximum Gasteiger partial charge on any atom is 0.306 e. The van der Waals surface area contributed by atoms with E-state index in [0.717, 1.165) is 0 Å². The van der Waals surface area contributed by atoms with Crippen LogP contribution in [0, 0.1) is 0 Å². The van der Waals surface area contributed by atoms with Crippen molar-refractivity contribution in [1.29, 1.82) is 0 Å². The third kappa shape index (κ3) is 4.06. The van der Waals surface area contributed by atoms with E-state index in [1.807, 2.05) is 4.57 Å². The molecule has 1 fully saturated rings. The first-order chi connectivity index (χ1) is 9.15. The van der Waals surface area contributed by atoms with Crippen LogP contribution in [0.25, 0.3) is 0 Å². The van der Waals surface area contributed by atoms with Gasteiger partial charge in [-0.1, -0.05) is 0 Å². The molecule has 104 valence electrons. The Bertz CT molecular complexity index is 432. The molecule has 1 N–H and O–H groups in total. The van der Waals surface area contributed by atoms with Crippen molar-refractivity contribution in [2.75, 3.05) is 19.7 Å². The third-order valence-electron chi connectivity index (χ3n) is 3.04. The van der Waals surface area contributed by atoms with Gasteiger partial charge in [0.1, 0.15) is 0 Å². The maximum absolute atomic E-state index is 12.0. The number of hydrogen-bond acceptors (Lipinski definition) is 4. The lowest BCUT2D eigenvalue weighted by atomic mass is 10.2. The Hall–Kier alpha value is -1.89. The molecule has 1 aliphatic rings. The Morgan fingerprint density at radius 2 is 2.32 bits per heavy atom. The van der Waals surface area contributed by atoms with E-state index in [-0.39, 0.29) is 12.3 Å². The van der Waals surface area contributed by atoms with Crippen LogP contribution in [0.15, 0.2) is 18.7 Å². The summed E-state index contributed by atoms with van der Waals surface area (Å²) in [5.74, 6) is -0.884. The number of rotatable bonds is 5. The van der Waals surface area contributed by atoms with Crippen molar-refractivity contribution in [1.82, 2.24) is 14.5 Å². The Morgan fingerprint density at radius 3 is 3.00 bits per heavy atom. The summed E-state index contributed by atoms with van der Waals surface area (Å²) < 4.78 is 7.17. The number of carbonyl (C=O) groups is 2. The van der Waals surface area contributed by atoms with Gasteiger partial charge in [0.05, 0.1) is 25.5 Å². The normalized spacial score (nSPS) is 19.4. The molecule has 1 aromatic heterocycles. The van der Waals surface area contributed by atoms with Crippen LogP contribution >= 0.6 is 0 Å². The minimum absolute atomic E-state index is 0.0207. The van der Waals surface area contributed by atoms with Crippen LogP contribution in [0.4, 0.5) is 0 Å². The van der Waals surface area contributed by atoms with Gasteiger partial charge < -0.3 is 19.3 Å². The first-order valence-electron chi connectivity index (χ1n) is 6.22. The minimum Gasteiger partial charge on any atom is -0.481 e. The summed E-state index contributed by atoms with van der Waals surface area (Å²) in [7, 11) is 0. The largest absolute Gasteiger partial charge is 0.481 e. The monoisotopic (exact) mass is 267 g/mol. The van der Waals surface area contributed by atoms with Gasteiger partial charge in [-0.2, -0.15) is 0 Å². The molecule has 0 aromatic carbocycles. The quantitative estimate of drug-likeness (QED) is 0.810. The SMILES string of the molecule is O=C(O)CC1CN(C(=O)CCn2ccnc2)CCO1. The van der Waals surface area contributed by atoms with E-state index in [1.165, 1.54) is 0 Å². The fraction of sp³-hybridized carbons (Fsp3) is 0.583. The van der Waals surface area contributed by atoms with Crippen molar-refractivity contribution in [2.45, 2.75) is 25.5 Å².